The van der Waals surface area contributed by atoms with Crippen LogP contribution in [0, 0.1) is 6.92 Å². The fraction of sp³-hybridized carbons (Fsp3) is 0.231. The number of aryl methyl sites for hydroxylation is 1. The topological polar surface area (TPSA) is 18.5 Å². The molecule has 0 spiro atoms. The number of benzene rings is 2. The average Bonchev–Trinajstić information content (AvgIpc) is 2.27. The van der Waals surface area contributed by atoms with E-state index in [2.05, 4.69) is 12.1 Å². The van der Waals surface area contributed by atoms with Gasteiger partial charge in [-0.1, -0.05) is 24.3 Å². The number of hydrogen-bond donors (Lipinski definition) is 0. The van der Waals surface area contributed by atoms with Crippen LogP contribution in [-0.4, -0.2) is 14.2 Å². The Bertz CT molecular complexity index is 489. The fourth-order valence-corrected chi connectivity index (χ4v) is 1.89. The van der Waals surface area contributed by atoms with E-state index in [9.17, 15) is 0 Å². The number of methoxy groups -OCH3 is 2. The Morgan fingerprint density at radius 3 is 2.27 bits per heavy atom. The summed E-state index contributed by atoms with van der Waals surface area (Å²) in [7, 11) is 3.34. The van der Waals surface area contributed by atoms with E-state index in [1.807, 2.05) is 25.1 Å². The Hall–Kier alpha value is -1.70. The van der Waals surface area contributed by atoms with E-state index in [-0.39, 0.29) is 0 Å². The summed E-state index contributed by atoms with van der Waals surface area (Å²) in [5, 5.41) is 2.26. The van der Waals surface area contributed by atoms with Crippen molar-refractivity contribution in [2.45, 2.75) is 6.92 Å². The Morgan fingerprint density at radius 2 is 1.60 bits per heavy atom. The van der Waals surface area contributed by atoms with E-state index in [4.69, 9.17) is 9.47 Å². The smallest absolute Gasteiger partial charge is 0.168 e. The minimum atomic E-state index is 0.813. The highest BCUT2D eigenvalue weighted by molar-refractivity contribution is 5.91. The molecule has 78 valence electrons. The van der Waals surface area contributed by atoms with Crippen molar-refractivity contribution in [2.24, 2.45) is 0 Å². The van der Waals surface area contributed by atoms with Crippen LogP contribution < -0.4 is 9.47 Å². The minimum absolute atomic E-state index is 0.813. The summed E-state index contributed by atoms with van der Waals surface area (Å²) < 4.78 is 10.8. The largest absolute Gasteiger partial charge is 0.493 e. The monoisotopic (exact) mass is 202 g/mol. The molecular weight excluding hydrogens is 188 g/mol. The highest BCUT2D eigenvalue weighted by atomic mass is 16.5. The van der Waals surface area contributed by atoms with Crippen molar-refractivity contribution < 1.29 is 9.47 Å². The van der Waals surface area contributed by atoms with Gasteiger partial charge in [-0.25, -0.2) is 0 Å². The molecule has 15 heavy (non-hydrogen) atoms. The third kappa shape index (κ3) is 1.52. The quantitative estimate of drug-likeness (QED) is 0.744. The van der Waals surface area contributed by atoms with E-state index < -0.39 is 0 Å². The summed E-state index contributed by atoms with van der Waals surface area (Å²) in [6.45, 7) is 2.02. The van der Waals surface area contributed by atoms with Gasteiger partial charge in [0.2, 0.25) is 0 Å². The maximum Gasteiger partial charge on any atom is 0.168 e. The third-order valence-electron chi connectivity index (χ3n) is 2.55. The molecule has 0 aliphatic rings. The molecule has 2 rings (SSSR count). The zero-order chi connectivity index (χ0) is 10.8. The molecule has 0 saturated carbocycles. The molecule has 2 aromatic carbocycles. The number of fused-ring (bicyclic) bond motifs is 1. The second-order valence-corrected chi connectivity index (χ2v) is 3.48. The van der Waals surface area contributed by atoms with E-state index in [1.54, 1.807) is 14.2 Å². The summed E-state index contributed by atoms with van der Waals surface area (Å²) in [5.74, 6) is 1.63. The molecule has 2 nitrogen and oxygen atoms in total. The Balaban J connectivity index is 2.84. The van der Waals surface area contributed by atoms with Gasteiger partial charge in [0.25, 0.3) is 0 Å². The molecule has 0 fully saturated rings. The van der Waals surface area contributed by atoms with E-state index in [0.29, 0.717) is 0 Å². The molecule has 0 aliphatic heterocycles. The molecule has 2 aromatic rings. The van der Waals surface area contributed by atoms with Gasteiger partial charge in [-0.2, -0.15) is 0 Å². The van der Waals surface area contributed by atoms with Gasteiger partial charge in [0, 0.05) is 5.39 Å². The van der Waals surface area contributed by atoms with Crippen LogP contribution in [0.3, 0.4) is 0 Å². The average molecular weight is 202 g/mol. The van der Waals surface area contributed by atoms with Crippen LogP contribution in [0.25, 0.3) is 10.8 Å². The first-order valence-corrected chi connectivity index (χ1v) is 4.88. The molecule has 0 aliphatic carbocycles. The molecule has 0 saturated heterocycles. The van der Waals surface area contributed by atoms with E-state index in [0.717, 1.165) is 22.4 Å². The fourth-order valence-electron chi connectivity index (χ4n) is 1.89. The lowest BCUT2D eigenvalue weighted by Crippen LogP contribution is -1.94. The zero-order valence-electron chi connectivity index (χ0n) is 9.20. The molecule has 0 unspecified atom stereocenters. The first kappa shape index (κ1) is 9.84. The Labute approximate surface area is 89.4 Å². The van der Waals surface area contributed by atoms with Crippen LogP contribution in [0.4, 0.5) is 0 Å². The maximum absolute atomic E-state index is 5.41. The molecule has 0 amide bonds. The van der Waals surface area contributed by atoms with Crippen molar-refractivity contribution in [1.82, 2.24) is 0 Å². The summed E-state index contributed by atoms with van der Waals surface area (Å²) in [5.41, 5.74) is 1.09. The normalized spacial score (nSPS) is 10.3. The van der Waals surface area contributed by atoms with Crippen molar-refractivity contribution in [3.8, 4) is 11.5 Å². The lowest BCUT2D eigenvalue weighted by molar-refractivity contribution is 0.356. The van der Waals surface area contributed by atoms with Crippen molar-refractivity contribution in [3.63, 3.8) is 0 Å². The number of hydrogen-bond acceptors (Lipinski definition) is 2. The standard InChI is InChI=1S/C13H14O2/c1-9-8-10-6-4-5-7-11(10)13(15-3)12(9)14-2/h4-8H,1-3H3. The third-order valence-corrected chi connectivity index (χ3v) is 2.55. The summed E-state index contributed by atoms with van der Waals surface area (Å²) in [4.78, 5) is 0. The molecule has 0 bridgehead atoms. The molecule has 0 atom stereocenters. The van der Waals surface area contributed by atoms with Gasteiger partial charge < -0.3 is 9.47 Å². The highest BCUT2D eigenvalue weighted by Crippen LogP contribution is 2.38. The Morgan fingerprint density at radius 1 is 0.933 bits per heavy atom. The Kier molecular flexibility index (Phi) is 2.50. The predicted molar refractivity (Wildman–Crippen MR) is 61.8 cm³/mol. The van der Waals surface area contributed by atoms with Crippen molar-refractivity contribution in [1.29, 1.82) is 0 Å². The summed E-state index contributed by atoms with van der Waals surface area (Å²) in [6.07, 6.45) is 0. The first-order valence-electron chi connectivity index (χ1n) is 4.88. The lowest BCUT2D eigenvalue weighted by Gasteiger charge is -2.13. The van der Waals surface area contributed by atoms with Crippen molar-refractivity contribution in [3.05, 3.63) is 35.9 Å². The predicted octanol–water partition coefficient (Wildman–Crippen LogP) is 3.17. The van der Waals surface area contributed by atoms with E-state index in [1.165, 1.54) is 5.39 Å². The van der Waals surface area contributed by atoms with Crippen molar-refractivity contribution >= 4 is 10.8 Å². The lowest BCUT2D eigenvalue weighted by atomic mass is 10.1. The second kappa shape index (κ2) is 3.81. The van der Waals surface area contributed by atoms with Gasteiger partial charge in [-0.3, -0.25) is 0 Å². The van der Waals surface area contributed by atoms with Crippen LogP contribution in [0.2, 0.25) is 0 Å². The molecular formula is C13H14O2. The minimum Gasteiger partial charge on any atom is -0.493 e. The van der Waals surface area contributed by atoms with Crippen LogP contribution in [0.1, 0.15) is 5.56 Å². The summed E-state index contributed by atoms with van der Waals surface area (Å²) >= 11 is 0. The van der Waals surface area contributed by atoms with Crippen molar-refractivity contribution in [2.75, 3.05) is 14.2 Å². The molecule has 0 radical (unpaired) electrons. The van der Waals surface area contributed by atoms with Gasteiger partial charge in [0.05, 0.1) is 14.2 Å². The first-order chi connectivity index (χ1) is 7.27. The second-order valence-electron chi connectivity index (χ2n) is 3.48. The van der Waals surface area contributed by atoms with Gasteiger partial charge in [-0.05, 0) is 23.9 Å². The molecule has 0 aromatic heterocycles. The number of rotatable bonds is 2. The van der Waals surface area contributed by atoms with Crippen LogP contribution in [0.15, 0.2) is 30.3 Å². The molecule has 0 heterocycles. The van der Waals surface area contributed by atoms with Gasteiger partial charge in [0.15, 0.2) is 11.5 Å². The van der Waals surface area contributed by atoms with Gasteiger partial charge >= 0.3 is 0 Å². The molecule has 0 N–H and O–H groups in total. The highest BCUT2D eigenvalue weighted by Gasteiger charge is 2.11. The van der Waals surface area contributed by atoms with Crippen LogP contribution in [0.5, 0.6) is 11.5 Å². The van der Waals surface area contributed by atoms with Crippen LogP contribution in [-0.2, 0) is 0 Å². The number of ether oxygens (including phenoxy) is 2. The van der Waals surface area contributed by atoms with Crippen LogP contribution >= 0.6 is 0 Å². The van der Waals surface area contributed by atoms with Gasteiger partial charge in [0.1, 0.15) is 0 Å². The zero-order valence-corrected chi connectivity index (χ0v) is 9.20. The summed E-state index contributed by atoms with van der Waals surface area (Å²) in [6, 6.07) is 10.2. The van der Waals surface area contributed by atoms with Gasteiger partial charge in [-0.15, -0.1) is 0 Å². The molecule has 2 heteroatoms. The SMILES string of the molecule is COc1c(C)cc2ccccc2c1OC. The van der Waals surface area contributed by atoms with E-state index >= 15 is 0 Å². The maximum atomic E-state index is 5.41.